The maximum absolute atomic E-state index is 10.9. The molecule has 4 nitrogen and oxygen atoms in total. The fourth-order valence-electron chi connectivity index (χ4n) is 1.19. The zero-order chi connectivity index (χ0) is 10.6. The molecule has 0 bridgehead atoms. The molecule has 0 saturated heterocycles. The standard InChI is InChI=1S/C10H13NO3/c1-7-4-3-5-9(8(7)6-12)11-10(13)14-2/h3-5,12H,6H2,1-2H3,(H,11,13). The SMILES string of the molecule is COC(=O)Nc1cccc(C)c1CO. The monoisotopic (exact) mass is 195 g/mol. The fourth-order valence-corrected chi connectivity index (χ4v) is 1.19. The number of aliphatic hydroxyl groups excluding tert-OH is 1. The van der Waals surface area contributed by atoms with Crippen molar-refractivity contribution >= 4 is 11.8 Å². The molecule has 1 amide bonds. The Morgan fingerprint density at radius 2 is 2.29 bits per heavy atom. The third kappa shape index (κ3) is 2.23. The summed E-state index contributed by atoms with van der Waals surface area (Å²) in [5.41, 5.74) is 2.22. The van der Waals surface area contributed by atoms with Gasteiger partial charge in [-0.25, -0.2) is 4.79 Å². The average molecular weight is 195 g/mol. The normalized spacial score (nSPS) is 9.64. The second-order valence-electron chi connectivity index (χ2n) is 2.88. The highest BCUT2D eigenvalue weighted by Crippen LogP contribution is 2.19. The summed E-state index contributed by atoms with van der Waals surface area (Å²) in [5.74, 6) is 0. The van der Waals surface area contributed by atoms with Gasteiger partial charge in [0.05, 0.1) is 13.7 Å². The van der Waals surface area contributed by atoms with Gasteiger partial charge < -0.3 is 9.84 Å². The highest BCUT2D eigenvalue weighted by atomic mass is 16.5. The van der Waals surface area contributed by atoms with Crippen LogP contribution in [0.25, 0.3) is 0 Å². The highest BCUT2D eigenvalue weighted by molar-refractivity contribution is 5.85. The van der Waals surface area contributed by atoms with E-state index in [4.69, 9.17) is 5.11 Å². The number of benzene rings is 1. The molecule has 0 aliphatic carbocycles. The van der Waals surface area contributed by atoms with E-state index in [-0.39, 0.29) is 6.61 Å². The lowest BCUT2D eigenvalue weighted by atomic mass is 10.1. The predicted molar refractivity (Wildman–Crippen MR) is 53.1 cm³/mol. The summed E-state index contributed by atoms with van der Waals surface area (Å²) in [6.07, 6.45) is -0.537. The molecule has 1 aromatic carbocycles. The van der Waals surface area contributed by atoms with Crippen molar-refractivity contribution < 1.29 is 14.6 Å². The third-order valence-corrected chi connectivity index (χ3v) is 1.99. The number of amides is 1. The Morgan fingerprint density at radius 3 is 2.86 bits per heavy atom. The zero-order valence-electron chi connectivity index (χ0n) is 8.20. The van der Waals surface area contributed by atoms with Crippen molar-refractivity contribution in [3.63, 3.8) is 0 Å². The summed E-state index contributed by atoms with van der Waals surface area (Å²) in [7, 11) is 1.30. The lowest BCUT2D eigenvalue weighted by molar-refractivity contribution is 0.187. The highest BCUT2D eigenvalue weighted by Gasteiger charge is 2.07. The molecular formula is C10H13NO3. The molecule has 0 spiro atoms. The smallest absolute Gasteiger partial charge is 0.411 e. The number of anilines is 1. The van der Waals surface area contributed by atoms with Gasteiger partial charge in [-0.15, -0.1) is 0 Å². The van der Waals surface area contributed by atoms with E-state index in [2.05, 4.69) is 10.1 Å². The fraction of sp³-hybridized carbons (Fsp3) is 0.300. The minimum Gasteiger partial charge on any atom is -0.453 e. The zero-order valence-corrected chi connectivity index (χ0v) is 8.20. The van der Waals surface area contributed by atoms with Crippen LogP contribution in [-0.4, -0.2) is 18.3 Å². The number of methoxy groups -OCH3 is 1. The van der Waals surface area contributed by atoms with Crippen LogP contribution >= 0.6 is 0 Å². The summed E-state index contributed by atoms with van der Waals surface area (Å²) in [4.78, 5) is 10.9. The first-order valence-corrected chi connectivity index (χ1v) is 4.23. The van der Waals surface area contributed by atoms with Crippen LogP contribution in [0.5, 0.6) is 0 Å². The van der Waals surface area contributed by atoms with Crippen LogP contribution in [0.15, 0.2) is 18.2 Å². The number of hydrogen-bond donors (Lipinski definition) is 2. The lowest BCUT2D eigenvalue weighted by Gasteiger charge is -2.10. The van der Waals surface area contributed by atoms with E-state index in [9.17, 15) is 4.79 Å². The molecule has 2 N–H and O–H groups in total. The first-order chi connectivity index (χ1) is 6.69. The summed E-state index contributed by atoms with van der Waals surface area (Å²) < 4.78 is 4.46. The molecule has 4 heteroatoms. The quantitative estimate of drug-likeness (QED) is 0.754. The Hall–Kier alpha value is -1.55. The van der Waals surface area contributed by atoms with Crippen molar-refractivity contribution in [2.24, 2.45) is 0 Å². The minimum atomic E-state index is -0.537. The molecule has 1 rings (SSSR count). The molecule has 76 valence electrons. The van der Waals surface area contributed by atoms with Crippen molar-refractivity contribution in [2.45, 2.75) is 13.5 Å². The third-order valence-electron chi connectivity index (χ3n) is 1.99. The van der Waals surface area contributed by atoms with Crippen molar-refractivity contribution in [1.82, 2.24) is 0 Å². The lowest BCUT2D eigenvalue weighted by Crippen LogP contribution is -2.13. The number of aryl methyl sites for hydroxylation is 1. The van der Waals surface area contributed by atoms with E-state index in [1.165, 1.54) is 7.11 Å². The Morgan fingerprint density at radius 1 is 1.57 bits per heavy atom. The number of aliphatic hydroxyl groups is 1. The maximum Gasteiger partial charge on any atom is 0.411 e. The first-order valence-electron chi connectivity index (χ1n) is 4.23. The summed E-state index contributed by atoms with van der Waals surface area (Å²) in [6.45, 7) is 1.76. The van der Waals surface area contributed by atoms with Gasteiger partial charge in [-0.05, 0) is 18.6 Å². The molecule has 0 saturated carbocycles. The van der Waals surface area contributed by atoms with Crippen LogP contribution < -0.4 is 5.32 Å². The summed E-state index contributed by atoms with van der Waals surface area (Å²) >= 11 is 0. The molecule has 0 aromatic heterocycles. The van der Waals surface area contributed by atoms with Crippen LogP contribution in [0.1, 0.15) is 11.1 Å². The number of carbonyl (C=O) groups is 1. The topological polar surface area (TPSA) is 58.6 Å². The van der Waals surface area contributed by atoms with Gasteiger partial charge in [0.15, 0.2) is 0 Å². The molecule has 0 atom stereocenters. The van der Waals surface area contributed by atoms with Crippen molar-refractivity contribution in [2.75, 3.05) is 12.4 Å². The van der Waals surface area contributed by atoms with E-state index in [0.29, 0.717) is 11.3 Å². The Balaban J connectivity index is 2.96. The van der Waals surface area contributed by atoms with Gasteiger partial charge in [0.1, 0.15) is 0 Å². The van der Waals surface area contributed by atoms with Gasteiger partial charge in [0, 0.05) is 11.3 Å². The van der Waals surface area contributed by atoms with Gasteiger partial charge in [-0.1, -0.05) is 12.1 Å². The van der Waals surface area contributed by atoms with E-state index < -0.39 is 6.09 Å². The van der Waals surface area contributed by atoms with E-state index >= 15 is 0 Å². The number of nitrogens with one attached hydrogen (secondary N) is 1. The molecule has 0 aliphatic rings. The Bertz CT molecular complexity index is 336. The molecule has 14 heavy (non-hydrogen) atoms. The van der Waals surface area contributed by atoms with Crippen LogP contribution in [0.4, 0.5) is 10.5 Å². The number of carbonyl (C=O) groups excluding carboxylic acids is 1. The second kappa shape index (κ2) is 4.62. The molecule has 0 fully saturated rings. The maximum atomic E-state index is 10.9. The number of rotatable bonds is 2. The molecule has 0 unspecified atom stereocenters. The Labute approximate surface area is 82.5 Å². The van der Waals surface area contributed by atoms with Crippen LogP contribution in [0, 0.1) is 6.92 Å². The average Bonchev–Trinajstić information content (AvgIpc) is 2.18. The van der Waals surface area contributed by atoms with Crippen molar-refractivity contribution in [3.8, 4) is 0 Å². The number of ether oxygens (including phenoxy) is 1. The van der Waals surface area contributed by atoms with Crippen molar-refractivity contribution in [1.29, 1.82) is 0 Å². The minimum absolute atomic E-state index is 0.105. The predicted octanol–water partition coefficient (Wildman–Crippen LogP) is 1.67. The van der Waals surface area contributed by atoms with Crippen LogP contribution in [-0.2, 0) is 11.3 Å². The van der Waals surface area contributed by atoms with Gasteiger partial charge in [-0.3, -0.25) is 5.32 Å². The second-order valence-corrected chi connectivity index (χ2v) is 2.88. The van der Waals surface area contributed by atoms with Crippen LogP contribution in [0.2, 0.25) is 0 Å². The molecule has 1 aromatic rings. The molecular weight excluding hydrogens is 182 g/mol. The summed E-state index contributed by atoms with van der Waals surface area (Å²) in [6, 6.07) is 5.39. The van der Waals surface area contributed by atoms with Gasteiger partial charge in [0.2, 0.25) is 0 Å². The molecule has 0 heterocycles. The van der Waals surface area contributed by atoms with E-state index in [1.54, 1.807) is 12.1 Å². The Kier molecular flexibility index (Phi) is 3.48. The first kappa shape index (κ1) is 10.5. The largest absolute Gasteiger partial charge is 0.453 e. The van der Waals surface area contributed by atoms with Gasteiger partial charge >= 0.3 is 6.09 Å². The van der Waals surface area contributed by atoms with E-state index in [0.717, 1.165) is 5.56 Å². The van der Waals surface area contributed by atoms with E-state index in [1.807, 2.05) is 13.0 Å². The molecule has 0 radical (unpaired) electrons. The van der Waals surface area contributed by atoms with Crippen LogP contribution in [0.3, 0.4) is 0 Å². The molecule has 0 aliphatic heterocycles. The van der Waals surface area contributed by atoms with Gasteiger partial charge in [-0.2, -0.15) is 0 Å². The van der Waals surface area contributed by atoms with Crippen molar-refractivity contribution in [3.05, 3.63) is 29.3 Å². The van der Waals surface area contributed by atoms with Gasteiger partial charge in [0.25, 0.3) is 0 Å². The summed E-state index contributed by atoms with van der Waals surface area (Å²) in [5, 5.41) is 11.6. The number of hydrogen-bond acceptors (Lipinski definition) is 3.